The number of nitrogens with one attached hydrogen (secondary N) is 2. The molecule has 24 heavy (non-hydrogen) atoms. The van der Waals surface area contributed by atoms with E-state index in [0.29, 0.717) is 32.1 Å². The van der Waals surface area contributed by atoms with Gasteiger partial charge in [-0.1, -0.05) is 6.92 Å². The minimum atomic E-state index is -3.12. The van der Waals surface area contributed by atoms with Crippen LogP contribution in [0, 0.1) is 13.8 Å². The smallest absolute Gasteiger partial charge is 0.211 e. The SMILES string of the molecule is CCN(CCCNC(=NC)NCc1sc(C)nc1C)S(C)(=O)=O.I. The van der Waals surface area contributed by atoms with Gasteiger partial charge in [-0.2, -0.15) is 0 Å². The second-order valence-electron chi connectivity index (χ2n) is 5.20. The first-order chi connectivity index (χ1) is 10.8. The molecule has 0 saturated carbocycles. The highest BCUT2D eigenvalue weighted by Crippen LogP contribution is 2.16. The standard InChI is InChI=1S/C14H27N5O2S2.HI/c1-6-19(23(5,20)21)9-7-8-16-14(15-4)17-10-13-11(2)18-12(3)22-13;/h6-10H2,1-5H3,(H2,15,16,17);1H. The summed E-state index contributed by atoms with van der Waals surface area (Å²) in [6.07, 6.45) is 1.96. The van der Waals surface area contributed by atoms with E-state index in [1.807, 2.05) is 20.8 Å². The Bertz CT molecular complexity index is 631. The molecule has 0 unspecified atom stereocenters. The molecule has 0 radical (unpaired) electrons. The van der Waals surface area contributed by atoms with Gasteiger partial charge in [-0.3, -0.25) is 4.99 Å². The highest BCUT2D eigenvalue weighted by Gasteiger charge is 2.13. The molecule has 140 valence electrons. The third kappa shape index (κ3) is 8.08. The fourth-order valence-electron chi connectivity index (χ4n) is 2.14. The van der Waals surface area contributed by atoms with Gasteiger partial charge in [0.15, 0.2) is 5.96 Å². The second kappa shape index (κ2) is 11.2. The van der Waals surface area contributed by atoms with E-state index >= 15 is 0 Å². The average Bonchev–Trinajstić information content (AvgIpc) is 2.78. The van der Waals surface area contributed by atoms with E-state index in [2.05, 4.69) is 20.6 Å². The molecule has 0 saturated heterocycles. The van der Waals surface area contributed by atoms with E-state index in [4.69, 9.17) is 0 Å². The number of guanidine groups is 1. The van der Waals surface area contributed by atoms with Gasteiger partial charge in [-0.05, 0) is 20.3 Å². The van der Waals surface area contributed by atoms with E-state index in [-0.39, 0.29) is 24.0 Å². The van der Waals surface area contributed by atoms with Crippen molar-refractivity contribution in [1.29, 1.82) is 0 Å². The fraction of sp³-hybridized carbons (Fsp3) is 0.714. The predicted octanol–water partition coefficient (Wildman–Crippen LogP) is 1.71. The van der Waals surface area contributed by atoms with E-state index in [0.717, 1.165) is 17.1 Å². The summed E-state index contributed by atoms with van der Waals surface area (Å²) in [4.78, 5) is 9.76. The monoisotopic (exact) mass is 489 g/mol. The maximum atomic E-state index is 11.5. The van der Waals surface area contributed by atoms with Gasteiger partial charge >= 0.3 is 0 Å². The molecule has 7 nitrogen and oxygen atoms in total. The second-order valence-corrected chi connectivity index (χ2v) is 8.47. The first-order valence-corrected chi connectivity index (χ1v) is 10.3. The number of nitrogens with zero attached hydrogens (tertiary/aromatic N) is 3. The number of hydrogen-bond acceptors (Lipinski definition) is 5. The summed E-state index contributed by atoms with van der Waals surface area (Å²) in [5.41, 5.74) is 1.04. The van der Waals surface area contributed by atoms with Crippen LogP contribution < -0.4 is 10.6 Å². The van der Waals surface area contributed by atoms with Crippen molar-refractivity contribution >= 4 is 51.3 Å². The first kappa shape index (κ1) is 23.5. The molecule has 0 bridgehead atoms. The van der Waals surface area contributed by atoms with E-state index in [1.165, 1.54) is 15.4 Å². The number of rotatable bonds is 8. The molecule has 0 fully saturated rings. The Morgan fingerprint density at radius 1 is 1.33 bits per heavy atom. The topological polar surface area (TPSA) is 86.7 Å². The number of aromatic nitrogens is 1. The zero-order chi connectivity index (χ0) is 17.5. The summed E-state index contributed by atoms with van der Waals surface area (Å²) < 4.78 is 24.5. The van der Waals surface area contributed by atoms with Gasteiger partial charge in [0.05, 0.1) is 23.5 Å². The zero-order valence-electron chi connectivity index (χ0n) is 14.9. The highest BCUT2D eigenvalue weighted by atomic mass is 127. The molecular formula is C14H28IN5O2S2. The van der Waals surface area contributed by atoms with Crippen molar-refractivity contribution in [3.8, 4) is 0 Å². The Labute approximate surface area is 166 Å². The quantitative estimate of drug-likeness (QED) is 0.251. The van der Waals surface area contributed by atoms with E-state index in [9.17, 15) is 8.42 Å². The minimum Gasteiger partial charge on any atom is -0.356 e. The normalized spacial score (nSPS) is 12.2. The molecule has 10 heteroatoms. The summed E-state index contributed by atoms with van der Waals surface area (Å²) in [5.74, 6) is 0.706. The Morgan fingerprint density at radius 3 is 2.46 bits per heavy atom. The Hall–Kier alpha value is -0.460. The summed E-state index contributed by atoms with van der Waals surface area (Å²) >= 11 is 1.68. The Morgan fingerprint density at radius 2 is 2.00 bits per heavy atom. The van der Waals surface area contributed by atoms with Gasteiger partial charge in [-0.25, -0.2) is 17.7 Å². The summed E-state index contributed by atoms with van der Waals surface area (Å²) in [7, 11) is -1.40. The number of aryl methyl sites for hydroxylation is 2. The molecule has 0 atom stereocenters. The van der Waals surface area contributed by atoms with Crippen LogP contribution in [0.4, 0.5) is 0 Å². The average molecular weight is 489 g/mol. The van der Waals surface area contributed by atoms with Gasteiger partial charge in [0.25, 0.3) is 0 Å². The maximum absolute atomic E-state index is 11.5. The molecule has 1 aromatic rings. The maximum Gasteiger partial charge on any atom is 0.211 e. The Balaban J connectivity index is 0.00000529. The van der Waals surface area contributed by atoms with Crippen LogP contribution in [0.5, 0.6) is 0 Å². The Kier molecular flexibility index (Phi) is 11.0. The van der Waals surface area contributed by atoms with E-state index in [1.54, 1.807) is 18.4 Å². The van der Waals surface area contributed by atoms with Crippen LogP contribution in [-0.2, 0) is 16.6 Å². The number of halogens is 1. The van der Waals surface area contributed by atoms with Crippen LogP contribution in [-0.4, -0.2) is 56.6 Å². The van der Waals surface area contributed by atoms with Crippen LogP contribution in [0.15, 0.2) is 4.99 Å². The van der Waals surface area contributed by atoms with Crippen LogP contribution in [0.25, 0.3) is 0 Å². The summed E-state index contributed by atoms with van der Waals surface area (Å²) in [6, 6.07) is 0. The lowest BCUT2D eigenvalue weighted by atomic mass is 10.4. The lowest BCUT2D eigenvalue weighted by molar-refractivity contribution is 0.424. The van der Waals surface area contributed by atoms with Crippen molar-refractivity contribution in [3.05, 3.63) is 15.6 Å². The molecule has 1 aromatic heterocycles. The van der Waals surface area contributed by atoms with Crippen LogP contribution in [0.3, 0.4) is 0 Å². The third-order valence-electron chi connectivity index (χ3n) is 3.34. The largest absolute Gasteiger partial charge is 0.356 e. The lowest BCUT2D eigenvalue weighted by Gasteiger charge is -2.18. The molecule has 0 aliphatic carbocycles. The number of hydrogen-bond donors (Lipinski definition) is 2. The van der Waals surface area contributed by atoms with Crippen molar-refractivity contribution in [2.75, 3.05) is 32.9 Å². The van der Waals surface area contributed by atoms with Crippen molar-refractivity contribution in [1.82, 2.24) is 19.9 Å². The van der Waals surface area contributed by atoms with Gasteiger partial charge < -0.3 is 10.6 Å². The summed E-state index contributed by atoms with van der Waals surface area (Å²) in [5, 5.41) is 7.51. The molecule has 0 aliphatic rings. The first-order valence-electron chi connectivity index (χ1n) is 7.60. The van der Waals surface area contributed by atoms with Gasteiger partial charge in [-0.15, -0.1) is 35.3 Å². The molecule has 0 spiro atoms. The van der Waals surface area contributed by atoms with Crippen LogP contribution in [0.2, 0.25) is 0 Å². The van der Waals surface area contributed by atoms with Crippen molar-refractivity contribution < 1.29 is 8.42 Å². The highest BCUT2D eigenvalue weighted by molar-refractivity contribution is 14.0. The third-order valence-corrected chi connectivity index (χ3v) is 5.79. The van der Waals surface area contributed by atoms with Crippen LogP contribution >= 0.6 is 35.3 Å². The minimum absolute atomic E-state index is 0. The predicted molar refractivity (Wildman–Crippen MR) is 112 cm³/mol. The lowest BCUT2D eigenvalue weighted by Crippen LogP contribution is -2.39. The van der Waals surface area contributed by atoms with E-state index < -0.39 is 10.0 Å². The van der Waals surface area contributed by atoms with Gasteiger partial charge in [0.2, 0.25) is 10.0 Å². The van der Waals surface area contributed by atoms with Crippen LogP contribution in [0.1, 0.15) is 28.9 Å². The molecule has 2 N–H and O–H groups in total. The molecular weight excluding hydrogens is 461 g/mol. The summed E-state index contributed by atoms with van der Waals surface area (Å²) in [6.45, 7) is 8.18. The molecule has 1 heterocycles. The van der Waals surface area contributed by atoms with Crippen molar-refractivity contribution in [2.24, 2.45) is 4.99 Å². The number of thiazole rings is 1. The number of sulfonamides is 1. The fourth-order valence-corrected chi connectivity index (χ4v) is 3.95. The number of aliphatic imine (C=N–C) groups is 1. The van der Waals surface area contributed by atoms with Crippen molar-refractivity contribution in [2.45, 2.75) is 33.7 Å². The molecule has 0 aliphatic heterocycles. The van der Waals surface area contributed by atoms with Crippen molar-refractivity contribution in [3.63, 3.8) is 0 Å². The van der Waals surface area contributed by atoms with Gasteiger partial charge in [0.1, 0.15) is 0 Å². The molecule has 0 amide bonds. The van der Waals surface area contributed by atoms with Gasteiger partial charge in [0, 0.05) is 31.6 Å². The molecule has 1 rings (SSSR count). The zero-order valence-corrected chi connectivity index (χ0v) is 18.9. The molecule has 0 aromatic carbocycles.